The van der Waals surface area contributed by atoms with E-state index >= 15 is 0 Å². The molecule has 1 aromatic carbocycles. The zero-order valence-corrected chi connectivity index (χ0v) is 11.7. The Morgan fingerprint density at radius 3 is 2.74 bits per heavy atom. The van der Waals surface area contributed by atoms with Crippen LogP contribution in [0.1, 0.15) is 20.8 Å². The molecule has 0 saturated carbocycles. The third-order valence-electron chi connectivity index (χ3n) is 2.73. The van der Waals surface area contributed by atoms with Crippen molar-refractivity contribution in [1.29, 1.82) is 0 Å². The van der Waals surface area contributed by atoms with E-state index in [0.29, 0.717) is 17.3 Å². The molecular weight excluding hydrogens is 245 g/mol. The van der Waals surface area contributed by atoms with Crippen molar-refractivity contribution in [2.45, 2.75) is 20.8 Å². The molecular formula is C14H22FN3O. The molecule has 0 spiro atoms. The quantitative estimate of drug-likeness (QED) is 0.778. The normalized spacial score (nSPS) is 11.1. The fourth-order valence-electron chi connectivity index (χ4n) is 1.85. The molecule has 5 heteroatoms. The summed E-state index contributed by atoms with van der Waals surface area (Å²) >= 11 is 0. The molecule has 0 aromatic heterocycles. The summed E-state index contributed by atoms with van der Waals surface area (Å²) in [6.45, 7) is 8.14. The fourth-order valence-corrected chi connectivity index (χ4v) is 1.85. The Bertz CT molecular complexity index is 435. The van der Waals surface area contributed by atoms with Gasteiger partial charge in [-0.15, -0.1) is 0 Å². The standard InChI is InChI=1S/C14H22FN3O/c1-4-18(8-10(2)3)9-14(19)17-13-7-11(15)5-6-12(13)16/h5-7,10H,4,8-9,16H2,1-3H3,(H,17,19). The van der Waals surface area contributed by atoms with Crippen molar-refractivity contribution in [2.75, 3.05) is 30.7 Å². The molecule has 0 radical (unpaired) electrons. The first kappa shape index (κ1) is 15.4. The Labute approximate surface area is 113 Å². The van der Waals surface area contributed by atoms with E-state index < -0.39 is 5.82 Å². The lowest BCUT2D eigenvalue weighted by Crippen LogP contribution is -2.35. The van der Waals surface area contributed by atoms with Crippen molar-refractivity contribution >= 4 is 17.3 Å². The van der Waals surface area contributed by atoms with Crippen molar-refractivity contribution in [2.24, 2.45) is 5.92 Å². The molecule has 0 unspecified atom stereocenters. The van der Waals surface area contributed by atoms with Crippen LogP contribution in [0.15, 0.2) is 18.2 Å². The topological polar surface area (TPSA) is 58.4 Å². The maximum Gasteiger partial charge on any atom is 0.238 e. The maximum absolute atomic E-state index is 13.1. The van der Waals surface area contributed by atoms with Crippen LogP contribution in [0.2, 0.25) is 0 Å². The molecule has 0 aliphatic rings. The lowest BCUT2D eigenvalue weighted by atomic mass is 10.2. The van der Waals surface area contributed by atoms with E-state index in [4.69, 9.17) is 5.73 Å². The number of likely N-dealkylation sites (N-methyl/N-ethyl adjacent to an activating group) is 1. The Morgan fingerprint density at radius 1 is 1.47 bits per heavy atom. The van der Waals surface area contributed by atoms with Gasteiger partial charge in [-0.05, 0) is 30.7 Å². The summed E-state index contributed by atoms with van der Waals surface area (Å²) in [6.07, 6.45) is 0. The first-order chi connectivity index (χ1) is 8.92. The highest BCUT2D eigenvalue weighted by Gasteiger charge is 2.12. The van der Waals surface area contributed by atoms with E-state index in [9.17, 15) is 9.18 Å². The predicted molar refractivity (Wildman–Crippen MR) is 76.4 cm³/mol. The minimum Gasteiger partial charge on any atom is -0.397 e. The van der Waals surface area contributed by atoms with E-state index in [0.717, 1.165) is 13.1 Å². The zero-order chi connectivity index (χ0) is 14.4. The second-order valence-electron chi connectivity index (χ2n) is 5.00. The number of carbonyl (C=O) groups excluding carboxylic acids is 1. The molecule has 0 bridgehead atoms. The van der Waals surface area contributed by atoms with Gasteiger partial charge in [0, 0.05) is 6.54 Å². The minimum absolute atomic E-state index is 0.181. The molecule has 1 amide bonds. The van der Waals surface area contributed by atoms with Gasteiger partial charge in [0.05, 0.1) is 17.9 Å². The highest BCUT2D eigenvalue weighted by atomic mass is 19.1. The molecule has 19 heavy (non-hydrogen) atoms. The Kier molecular flexibility index (Phi) is 5.76. The van der Waals surface area contributed by atoms with Crippen molar-refractivity contribution in [3.8, 4) is 0 Å². The number of carbonyl (C=O) groups is 1. The lowest BCUT2D eigenvalue weighted by molar-refractivity contribution is -0.117. The van der Waals surface area contributed by atoms with Crippen LogP contribution in [0.3, 0.4) is 0 Å². The Hall–Kier alpha value is -1.62. The average molecular weight is 267 g/mol. The number of hydrogen-bond acceptors (Lipinski definition) is 3. The number of anilines is 2. The van der Waals surface area contributed by atoms with Crippen LogP contribution in [-0.2, 0) is 4.79 Å². The molecule has 0 saturated heterocycles. The van der Waals surface area contributed by atoms with Crippen LogP contribution >= 0.6 is 0 Å². The fraction of sp³-hybridized carbons (Fsp3) is 0.500. The van der Waals surface area contributed by atoms with E-state index in [-0.39, 0.29) is 12.5 Å². The number of benzene rings is 1. The number of nitrogen functional groups attached to an aromatic ring is 1. The van der Waals surface area contributed by atoms with Crippen LogP contribution in [0.5, 0.6) is 0 Å². The monoisotopic (exact) mass is 267 g/mol. The Balaban J connectivity index is 2.61. The summed E-state index contributed by atoms with van der Waals surface area (Å²) in [6, 6.07) is 3.94. The number of nitrogens with one attached hydrogen (secondary N) is 1. The molecule has 3 N–H and O–H groups in total. The molecule has 0 aliphatic heterocycles. The first-order valence-corrected chi connectivity index (χ1v) is 6.49. The third kappa shape index (κ3) is 5.26. The van der Waals surface area contributed by atoms with Crippen molar-refractivity contribution in [1.82, 2.24) is 4.90 Å². The van der Waals surface area contributed by atoms with Gasteiger partial charge in [-0.3, -0.25) is 9.69 Å². The van der Waals surface area contributed by atoms with Crippen molar-refractivity contribution < 1.29 is 9.18 Å². The van der Waals surface area contributed by atoms with Gasteiger partial charge in [0.2, 0.25) is 5.91 Å². The SMILES string of the molecule is CCN(CC(=O)Nc1cc(F)ccc1N)CC(C)C. The lowest BCUT2D eigenvalue weighted by Gasteiger charge is -2.22. The van der Waals surface area contributed by atoms with Crippen LogP contribution in [0, 0.1) is 11.7 Å². The summed E-state index contributed by atoms with van der Waals surface area (Å²) in [7, 11) is 0. The molecule has 0 aliphatic carbocycles. The van der Waals surface area contributed by atoms with E-state index in [2.05, 4.69) is 19.2 Å². The van der Waals surface area contributed by atoms with Gasteiger partial charge < -0.3 is 11.1 Å². The summed E-state index contributed by atoms with van der Waals surface area (Å²) in [5.41, 5.74) is 6.37. The number of nitrogens with two attached hydrogens (primary N) is 1. The first-order valence-electron chi connectivity index (χ1n) is 6.49. The highest BCUT2D eigenvalue weighted by molar-refractivity contribution is 5.95. The van der Waals surface area contributed by atoms with Crippen LogP contribution in [0.25, 0.3) is 0 Å². The smallest absolute Gasteiger partial charge is 0.238 e. The maximum atomic E-state index is 13.1. The van der Waals surface area contributed by atoms with E-state index in [1.807, 2.05) is 11.8 Å². The van der Waals surface area contributed by atoms with Crippen molar-refractivity contribution in [3.63, 3.8) is 0 Å². The predicted octanol–water partition coefficient (Wildman–Crippen LogP) is 2.32. The number of amides is 1. The molecule has 1 aromatic rings. The van der Waals surface area contributed by atoms with E-state index in [1.54, 1.807) is 0 Å². The van der Waals surface area contributed by atoms with Crippen molar-refractivity contribution in [3.05, 3.63) is 24.0 Å². The molecule has 106 valence electrons. The van der Waals surface area contributed by atoms with Gasteiger partial charge in [-0.2, -0.15) is 0 Å². The van der Waals surface area contributed by atoms with Gasteiger partial charge in [0.1, 0.15) is 5.82 Å². The molecule has 0 heterocycles. The summed E-state index contributed by atoms with van der Waals surface area (Å²) in [5.74, 6) is -0.106. The van der Waals surface area contributed by atoms with Gasteiger partial charge in [0.15, 0.2) is 0 Å². The van der Waals surface area contributed by atoms with Gasteiger partial charge in [-0.25, -0.2) is 4.39 Å². The summed E-state index contributed by atoms with van der Waals surface area (Å²) < 4.78 is 13.1. The van der Waals surface area contributed by atoms with E-state index in [1.165, 1.54) is 18.2 Å². The number of hydrogen-bond donors (Lipinski definition) is 2. The largest absolute Gasteiger partial charge is 0.397 e. The molecule has 4 nitrogen and oxygen atoms in total. The summed E-state index contributed by atoms with van der Waals surface area (Å²) in [5, 5.41) is 2.64. The number of halogens is 1. The number of rotatable bonds is 6. The van der Waals surface area contributed by atoms with Gasteiger partial charge in [-0.1, -0.05) is 20.8 Å². The zero-order valence-electron chi connectivity index (χ0n) is 11.7. The van der Waals surface area contributed by atoms with Crippen LogP contribution in [0.4, 0.5) is 15.8 Å². The van der Waals surface area contributed by atoms with Gasteiger partial charge >= 0.3 is 0 Å². The Morgan fingerprint density at radius 2 is 2.16 bits per heavy atom. The molecule has 0 fully saturated rings. The summed E-state index contributed by atoms with van der Waals surface area (Å²) in [4.78, 5) is 13.9. The molecule has 0 atom stereocenters. The molecule has 1 rings (SSSR count). The van der Waals surface area contributed by atoms with Gasteiger partial charge in [0.25, 0.3) is 0 Å². The van der Waals surface area contributed by atoms with Crippen LogP contribution < -0.4 is 11.1 Å². The second kappa shape index (κ2) is 7.09. The second-order valence-corrected chi connectivity index (χ2v) is 5.00. The average Bonchev–Trinajstić information content (AvgIpc) is 2.32. The third-order valence-corrected chi connectivity index (χ3v) is 2.73. The highest BCUT2D eigenvalue weighted by Crippen LogP contribution is 2.19. The number of nitrogens with zero attached hydrogens (tertiary/aromatic N) is 1. The minimum atomic E-state index is -0.418. The van der Waals surface area contributed by atoms with Crippen LogP contribution in [-0.4, -0.2) is 30.4 Å².